The summed E-state index contributed by atoms with van der Waals surface area (Å²) in [5, 5.41) is 0. The van der Waals surface area contributed by atoms with Crippen molar-refractivity contribution in [1.29, 1.82) is 0 Å². The third-order valence-corrected chi connectivity index (χ3v) is 3.25. The zero-order valence-corrected chi connectivity index (χ0v) is 9.39. The van der Waals surface area contributed by atoms with Crippen LogP contribution in [0.1, 0.15) is 51.9 Å². The molecule has 0 aromatic carbocycles. The van der Waals surface area contributed by atoms with Crippen molar-refractivity contribution in [2.45, 2.75) is 57.9 Å². The summed E-state index contributed by atoms with van der Waals surface area (Å²) in [4.78, 5) is 0. The maximum Gasteiger partial charge on any atom is 0.0275 e. The minimum atomic E-state index is 0.450. The molecule has 0 aromatic heterocycles. The van der Waals surface area contributed by atoms with Gasteiger partial charge in [0.05, 0.1) is 0 Å². The van der Waals surface area contributed by atoms with Gasteiger partial charge in [0.15, 0.2) is 0 Å². The van der Waals surface area contributed by atoms with Crippen molar-refractivity contribution in [2.75, 3.05) is 0 Å². The number of hydrazine groups is 1. The van der Waals surface area contributed by atoms with E-state index in [1.165, 1.54) is 44.1 Å². The topological polar surface area (TPSA) is 38.0 Å². The molecule has 1 fully saturated rings. The lowest BCUT2D eigenvalue weighted by Crippen LogP contribution is -2.40. The second kappa shape index (κ2) is 6.20. The Morgan fingerprint density at radius 1 is 1.36 bits per heavy atom. The molecule has 1 aliphatic rings. The first kappa shape index (κ1) is 11.7. The maximum atomic E-state index is 5.61. The molecule has 2 nitrogen and oxygen atoms in total. The lowest BCUT2D eigenvalue weighted by Gasteiger charge is -2.25. The van der Waals surface area contributed by atoms with Gasteiger partial charge in [-0.3, -0.25) is 11.3 Å². The monoisotopic (exact) mass is 196 g/mol. The van der Waals surface area contributed by atoms with Gasteiger partial charge in [0.1, 0.15) is 0 Å². The van der Waals surface area contributed by atoms with E-state index in [0.717, 1.165) is 12.3 Å². The van der Waals surface area contributed by atoms with Crippen molar-refractivity contribution in [3.05, 3.63) is 12.2 Å². The largest absolute Gasteiger partial charge is 0.271 e. The van der Waals surface area contributed by atoms with Crippen molar-refractivity contribution in [2.24, 2.45) is 11.8 Å². The quantitative estimate of drug-likeness (QED) is 0.314. The van der Waals surface area contributed by atoms with E-state index in [4.69, 9.17) is 5.84 Å². The molecule has 0 aliphatic heterocycles. The van der Waals surface area contributed by atoms with Crippen LogP contribution in [0.4, 0.5) is 0 Å². The molecule has 1 aliphatic carbocycles. The van der Waals surface area contributed by atoms with Gasteiger partial charge in [-0.15, -0.1) is 6.58 Å². The summed E-state index contributed by atoms with van der Waals surface area (Å²) in [6.07, 6.45) is 9.26. The second-order valence-corrected chi connectivity index (χ2v) is 4.69. The minimum absolute atomic E-state index is 0.450. The highest BCUT2D eigenvalue weighted by Gasteiger charge is 2.21. The normalized spacial score (nSPS) is 21.6. The fourth-order valence-corrected chi connectivity index (χ4v) is 2.45. The Morgan fingerprint density at radius 3 is 2.36 bits per heavy atom. The van der Waals surface area contributed by atoms with Crippen LogP contribution in [0.25, 0.3) is 0 Å². The molecule has 1 saturated carbocycles. The second-order valence-electron chi connectivity index (χ2n) is 4.69. The number of nitrogens with one attached hydrogen (secondary N) is 1. The predicted octanol–water partition coefficient (Wildman–Crippen LogP) is 2.75. The van der Waals surface area contributed by atoms with Gasteiger partial charge in [0.25, 0.3) is 0 Å². The molecule has 14 heavy (non-hydrogen) atoms. The van der Waals surface area contributed by atoms with E-state index < -0.39 is 0 Å². The molecule has 3 N–H and O–H groups in total. The van der Waals surface area contributed by atoms with Gasteiger partial charge in [0, 0.05) is 6.04 Å². The molecular formula is C12H24N2. The van der Waals surface area contributed by atoms with Crippen molar-refractivity contribution in [1.82, 2.24) is 5.43 Å². The minimum Gasteiger partial charge on any atom is -0.271 e. The highest BCUT2D eigenvalue weighted by Crippen LogP contribution is 2.27. The highest BCUT2D eigenvalue weighted by molar-refractivity contribution is 4.94. The van der Waals surface area contributed by atoms with Crippen LogP contribution in [0.5, 0.6) is 0 Å². The predicted molar refractivity (Wildman–Crippen MR) is 61.7 cm³/mol. The Balaban J connectivity index is 2.44. The van der Waals surface area contributed by atoms with Crippen molar-refractivity contribution >= 4 is 0 Å². The van der Waals surface area contributed by atoms with Crippen LogP contribution < -0.4 is 11.3 Å². The third-order valence-electron chi connectivity index (χ3n) is 3.25. The summed E-state index contributed by atoms with van der Waals surface area (Å²) in [5.41, 5.74) is 4.20. The number of nitrogens with two attached hydrogens (primary N) is 1. The van der Waals surface area contributed by atoms with Gasteiger partial charge in [-0.25, -0.2) is 0 Å². The van der Waals surface area contributed by atoms with Crippen molar-refractivity contribution in [3.63, 3.8) is 0 Å². The van der Waals surface area contributed by atoms with Crippen molar-refractivity contribution in [3.8, 4) is 0 Å². The molecule has 1 rings (SSSR count). The standard InChI is InChI=1S/C12H24N2/c1-10(2)9-12(14-13)11-7-5-3-4-6-8-11/h11-12,14H,1,3-9,13H2,2H3. The number of rotatable bonds is 4. The summed E-state index contributed by atoms with van der Waals surface area (Å²) in [6.45, 7) is 6.05. The summed E-state index contributed by atoms with van der Waals surface area (Å²) in [7, 11) is 0. The molecule has 0 amide bonds. The van der Waals surface area contributed by atoms with Crippen LogP contribution in [0.3, 0.4) is 0 Å². The van der Waals surface area contributed by atoms with E-state index in [2.05, 4.69) is 18.9 Å². The van der Waals surface area contributed by atoms with Crippen LogP contribution in [-0.2, 0) is 0 Å². The zero-order chi connectivity index (χ0) is 10.4. The smallest absolute Gasteiger partial charge is 0.0275 e. The van der Waals surface area contributed by atoms with Crippen LogP contribution >= 0.6 is 0 Å². The molecule has 2 heteroatoms. The van der Waals surface area contributed by atoms with Crippen LogP contribution in [0.15, 0.2) is 12.2 Å². The average molecular weight is 196 g/mol. The third kappa shape index (κ3) is 3.81. The van der Waals surface area contributed by atoms with E-state index in [0.29, 0.717) is 6.04 Å². The van der Waals surface area contributed by atoms with Gasteiger partial charge < -0.3 is 0 Å². The van der Waals surface area contributed by atoms with Crippen LogP contribution in [-0.4, -0.2) is 6.04 Å². The highest BCUT2D eigenvalue weighted by atomic mass is 15.2. The summed E-state index contributed by atoms with van der Waals surface area (Å²) < 4.78 is 0. The lowest BCUT2D eigenvalue weighted by molar-refractivity contribution is 0.320. The molecule has 1 atom stereocenters. The fourth-order valence-electron chi connectivity index (χ4n) is 2.45. The average Bonchev–Trinajstić information content (AvgIpc) is 2.41. The zero-order valence-electron chi connectivity index (χ0n) is 9.39. The lowest BCUT2D eigenvalue weighted by atomic mass is 9.88. The Hall–Kier alpha value is -0.340. The van der Waals surface area contributed by atoms with Gasteiger partial charge in [-0.1, -0.05) is 31.3 Å². The van der Waals surface area contributed by atoms with Crippen LogP contribution in [0.2, 0.25) is 0 Å². The Bertz CT molecular complexity index is 169. The summed E-state index contributed by atoms with van der Waals surface area (Å²) in [5.74, 6) is 6.37. The summed E-state index contributed by atoms with van der Waals surface area (Å²) >= 11 is 0. The van der Waals surface area contributed by atoms with Crippen LogP contribution in [0, 0.1) is 5.92 Å². The molecule has 0 radical (unpaired) electrons. The SMILES string of the molecule is C=C(C)CC(NN)C1CCCCCC1. The maximum absolute atomic E-state index is 5.61. The van der Waals surface area contributed by atoms with E-state index >= 15 is 0 Å². The van der Waals surface area contributed by atoms with Gasteiger partial charge in [0.2, 0.25) is 0 Å². The first-order valence-corrected chi connectivity index (χ1v) is 5.84. The van der Waals surface area contributed by atoms with Gasteiger partial charge >= 0.3 is 0 Å². The first-order valence-electron chi connectivity index (χ1n) is 5.84. The van der Waals surface area contributed by atoms with E-state index in [9.17, 15) is 0 Å². The molecule has 0 spiro atoms. The molecular weight excluding hydrogens is 172 g/mol. The molecule has 0 bridgehead atoms. The molecule has 0 aromatic rings. The van der Waals surface area contributed by atoms with Gasteiger partial charge in [-0.05, 0) is 32.1 Å². The Kier molecular flexibility index (Phi) is 5.20. The first-order chi connectivity index (χ1) is 6.74. The molecule has 1 unspecified atom stereocenters. The Morgan fingerprint density at radius 2 is 1.93 bits per heavy atom. The van der Waals surface area contributed by atoms with E-state index in [-0.39, 0.29) is 0 Å². The van der Waals surface area contributed by atoms with E-state index in [1.807, 2.05) is 0 Å². The molecule has 0 saturated heterocycles. The number of hydrogen-bond acceptors (Lipinski definition) is 2. The molecule has 82 valence electrons. The fraction of sp³-hybridized carbons (Fsp3) is 0.833. The van der Waals surface area contributed by atoms with Crippen molar-refractivity contribution < 1.29 is 0 Å². The Labute approximate surface area is 87.9 Å². The van der Waals surface area contributed by atoms with E-state index in [1.54, 1.807) is 0 Å². The van der Waals surface area contributed by atoms with Gasteiger partial charge in [-0.2, -0.15) is 0 Å². The molecule has 0 heterocycles. The summed E-state index contributed by atoms with van der Waals surface area (Å²) in [6, 6.07) is 0.450. The number of hydrogen-bond donors (Lipinski definition) is 2.